The standard InChI is InChI=1S/C16H18N6/c17-6-9-19-16-12-2-1-3-13(12)20-15-10-14(21-22(15)16)11-4-7-18-8-5-11/h4-5,7-8,10,19H,1-3,6,9,17H2. The monoisotopic (exact) mass is 294 g/mol. The number of anilines is 1. The van der Waals surface area contributed by atoms with Gasteiger partial charge in [-0.05, 0) is 31.4 Å². The van der Waals surface area contributed by atoms with Crippen molar-refractivity contribution in [1.29, 1.82) is 0 Å². The van der Waals surface area contributed by atoms with Gasteiger partial charge in [0.2, 0.25) is 0 Å². The number of nitrogens with two attached hydrogens (primary N) is 1. The smallest absolute Gasteiger partial charge is 0.158 e. The lowest BCUT2D eigenvalue weighted by atomic mass is 10.2. The lowest BCUT2D eigenvalue weighted by Gasteiger charge is -2.12. The minimum Gasteiger partial charge on any atom is -0.368 e. The number of aromatic nitrogens is 4. The third-order valence-corrected chi connectivity index (χ3v) is 4.04. The largest absolute Gasteiger partial charge is 0.368 e. The van der Waals surface area contributed by atoms with Gasteiger partial charge in [-0.15, -0.1) is 0 Å². The van der Waals surface area contributed by atoms with Gasteiger partial charge in [0, 0.05) is 48.4 Å². The highest BCUT2D eigenvalue weighted by Gasteiger charge is 2.21. The molecule has 0 saturated heterocycles. The van der Waals surface area contributed by atoms with E-state index in [4.69, 9.17) is 15.8 Å². The Labute approximate surface area is 128 Å². The van der Waals surface area contributed by atoms with Crippen LogP contribution in [-0.2, 0) is 12.8 Å². The topological polar surface area (TPSA) is 81.1 Å². The van der Waals surface area contributed by atoms with Crippen LogP contribution in [0.3, 0.4) is 0 Å². The van der Waals surface area contributed by atoms with Crippen molar-refractivity contribution in [2.45, 2.75) is 19.3 Å². The zero-order valence-corrected chi connectivity index (χ0v) is 12.3. The normalized spacial score (nSPS) is 13.5. The molecule has 0 radical (unpaired) electrons. The third-order valence-electron chi connectivity index (χ3n) is 4.04. The molecule has 112 valence electrons. The number of pyridine rings is 1. The fraction of sp³-hybridized carbons (Fsp3) is 0.312. The number of nitrogens with zero attached hydrogens (tertiary/aromatic N) is 4. The van der Waals surface area contributed by atoms with E-state index in [-0.39, 0.29) is 0 Å². The molecule has 3 aromatic heterocycles. The van der Waals surface area contributed by atoms with Crippen LogP contribution >= 0.6 is 0 Å². The molecular formula is C16H18N6. The number of hydrogen-bond donors (Lipinski definition) is 2. The second-order valence-corrected chi connectivity index (χ2v) is 5.49. The maximum absolute atomic E-state index is 5.65. The van der Waals surface area contributed by atoms with Crippen molar-refractivity contribution in [3.63, 3.8) is 0 Å². The van der Waals surface area contributed by atoms with Crippen LogP contribution in [0.25, 0.3) is 16.9 Å². The predicted octanol–water partition coefficient (Wildman–Crippen LogP) is 1.65. The minimum atomic E-state index is 0.594. The van der Waals surface area contributed by atoms with Crippen molar-refractivity contribution < 1.29 is 0 Å². The van der Waals surface area contributed by atoms with E-state index >= 15 is 0 Å². The van der Waals surface area contributed by atoms with Gasteiger partial charge in [-0.2, -0.15) is 9.61 Å². The fourth-order valence-electron chi connectivity index (χ4n) is 3.02. The molecule has 0 spiro atoms. The lowest BCUT2D eigenvalue weighted by molar-refractivity contribution is 0.894. The van der Waals surface area contributed by atoms with Gasteiger partial charge in [-0.1, -0.05) is 0 Å². The van der Waals surface area contributed by atoms with Crippen molar-refractivity contribution in [3.05, 3.63) is 41.9 Å². The molecule has 0 fully saturated rings. The molecule has 0 unspecified atom stereocenters. The molecule has 0 atom stereocenters. The Bertz CT molecular complexity index is 808. The van der Waals surface area contributed by atoms with E-state index in [9.17, 15) is 0 Å². The SMILES string of the molecule is NCCNc1c2c(nc3cc(-c4ccncc4)nn13)CCC2. The molecule has 6 nitrogen and oxygen atoms in total. The summed E-state index contributed by atoms with van der Waals surface area (Å²) in [6.45, 7) is 1.33. The maximum atomic E-state index is 5.65. The first kappa shape index (κ1) is 13.2. The number of nitrogens with one attached hydrogen (secondary N) is 1. The van der Waals surface area contributed by atoms with E-state index in [1.54, 1.807) is 12.4 Å². The third kappa shape index (κ3) is 2.12. The average Bonchev–Trinajstić information content (AvgIpc) is 3.18. The van der Waals surface area contributed by atoms with Crippen LogP contribution in [0.2, 0.25) is 0 Å². The molecular weight excluding hydrogens is 276 g/mol. The van der Waals surface area contributed by atoms with Crippen molar-refractivity contribution in [1.82, 2.24) is 19.6 Å². The Kier molecular flexibility index (Phi) is 3.23. The van der Waals surface area contributed by atoms with Crippen LogP contribution in [0, 0.1) is 0 Å². The van der Waals surface area contributed by atoms with E-state index in [1.165, 1.54) is 11.3 Å². The zero-order valence-electron chi connectivity index (χ0n) is 12.3. The molecule has 1 aliphatic rings. The summed E-state index contributed by atoms with van der Waals surface area (Å²) in [6, 6.07) is 5.95. The van der Waals surface area contributed by atoms with Gasteiger partial charge in [0.25, 0.3) is 0 Å². The Balaban J connectivity index is 1.88. The molecule has 1 aliphatic carbocycles. The highest BCUT2D eigenvalue weighted by atomic mass is 15.3. The van der Waals surface area contributed by atoms with Gasteiger partial charge >= 0.3 is 0 Å². The van der Waals surface area contributed by atoms with Crippen LogP contribution in [-0.4, -0.2) is 32.7 Å². The Hall–Kier alpha value is -2.47. The summed E-state index contributed by atoms with van der Waals surface area (Å²) in [7, 11) is 0. The first-order chi connectivity index (χ1) is 10.9. The summed E-state index contributed by atoms with van der Waals surface area (Å²) in [5, 5.41) is 8.16. The number of fused-ring (bicyclic) bond motifs is 2. The molecule has 0 saturated carbocycles. The highest BCUT2D eigenvalue weighted by Crippen LogP contribution is 2.30. The Morgan fingerprint density at radius 3 is 2.91 bits per heavy atom. The summed E-state index contributed by atoms with van der Waals surface area (Å²) >= 11 is 0. The summed E-state index contributed by atoms with van der Waals surface area (Å²) in [5.41, 5.74) is 11.0. The average molecular weight is 294 g/mol. The van der Waals surface area contributed by atoms with Crippen LogP contribution in [0.15, 0.2) is 30.6 Å². The molecule has 0 aliphatic heterocycles. The van der Waals surface area contributed by atoms with Crippen molar-refractivity contribution in [2.75, 3.05) is 18.4 Å². The molecule has 22 heavy (non-hydrogen) atoms. The van der Waals surface area contributed by atoms with E-state index in [0.29, 0.717) is 6.54 Å². The molecule has 0 aromatic carbocycles. The van der Waals surface area contributed by atoms with Crippen molar-refractivity contribution in [2.24, 2.45) is 5.73 Å². The summed E-state index contributed by atoms with van der Waals surface area (Å²) in [6.07, 6.45) is 6.80. The number of aryl methyl sites for hydroxylation is 1. The molecule has 0 amide bonds. The van der Waals surface area contributed by atoms with Crippen molar-refractivity contribution >= 4 is 11.5 Å². The van der Waals surface area contributed by atoms with Gasteiger partial charge < -0.3 is 11.1 Å². The first-order valence-corrected chi connectivity index (χ1v) is 7.62. The maximum Gasteiger partial charge on any atom is 0.158 e. The van der Waals surface area contributed by atoms with Crippen LogP contribution in [0.4, 0.5) is 5.82 Å². The summed E-state index contributed by atoms with van der Waals surface area (Å²) in [5.74, 6) is 1.04. The number of hydrogen-bond acceptors (Lipinski definition) is 5. The number of rotatable bonds is 4. The van der Waals surface area contributed by atoms with E-state index in [1.807, 2.05) is 22.7 Å². The van der Waals surface area contributed by atoms with Crippen molar-refractivity contribution in [3.8, 4) is 11.3 Å². The van der Waals surface area contributed by atoms with Gasteiger partial charge in [0.1, 0.15) is 5.82 Å². The molecule has 3 N–H and O–H groups in total. The Morgan fingerprint density at radius 1 is 1.23 bits per heavy atom. The van der Waals surface area contributed by atoms with Gasteiger partial charge in [0.15, 0.2) is 5.65 Å². The highest BCUT2D eigenvalue weighted by molar-refractivity contribution is 5.67. The zero-order chi connectivity index (χ0) is 14.9. The van der Waals surface area contributed by atoms with Crippen LogP contribution in [0.5, 0.6) is 0 Å². The minimum absolute atomic E-state index is 0.594. The summed E-state index contributed by atoms with van der Waals surface area (Å²) in [4.78, 5) is 8.84. The van der Waals surface area contributed by atoms with Crippen LogP contribution < -0.4 is 11.1 Å². The van der Waals surface area contributed by atoms with Gasteiger partial charge in [0.05, 0.1) is 5.69 Å². The predicted molar refractivity (Wildman–Crippen MR) is 85.8 cm³/mol. The van der Waals surface area contributed by atoms with Gasteiger partial charge in [-0.25, -0.2) is 4.98 Å². The lowest BCUT2D eigenvalue weighted by Crippen LogP contribution is -2.17. The van der Waals surface area contributed by atoms with Gasteiger partial charge in [-0.3, -0.25) is 4.98 Å². The molecule has 3 aromatic rings. The fourth-order valence-corrected chi connectivity index (χ4v) is 3.02. The van der Waals surface area contributed by atoms with E-state index in [2.05, 4.69) is 10.3 Å². The van der Waals surface area contributed by atoms with E-state index in [0.717, 1.165) is 48.5 Å². The second-order valence-electron chi connectivity index (χ2n) is 5.49. The summed E-state index contributed by atoms with van der Waals surface area (Å²) < 4.78 is 1.91. The second kappa shape index (κ2) is 5.38. The molecule has 6 heteroatoms. The molecule has 0 bridgehead atoms. The molecule has 3 heterocycles. The van der Waals surface area contributed by atoms with Crippen LogP contribution in [0.1, 0.15) is 17.7 Å². The van der Waals surface area contributed by atoms with E-state index < -0.39 is 0 Å². The quantitative estimate of drug-likeness (QED) is 0.764. The first-order valence-electron chi connectivity index (χ1n) is 7.62. The molecule has 4 rings (SSSR count). The Morgan fingerprint density at radius 2 is 2.09 bits per heavy atom.